The first kappa shape index (κ1) is 21.0. The number of hydrogen-bond acceptors (Lipinski definition) is 2. The van der Waals surface area contributed by atoms with Crippen LogP contribution >= 0.6 is 23.2 Å². The van der Waals surface area contributed by atoms with Crippen molar-refractivity contribution >= 4 is 40.0 Å². The molecule has 0 aliphatic heterocycles. The zero-order valence-electron chi connectivity index (χ0n) is 16.8. The number of aromatic nitrogens is 1. The number of carbonyl (C=O) groups is 1. The van der Waals surface area contributed by atoms with Crippen LogP contribution in [0.5, 0.6) is 0 Å². The molecule has 0 bridgehead atoms. The van der Waals surface area contributed by atoms with E-state index in [2.05, 4.69) is 11.4 Å². The molecule has 0 saturated heterocycles. The third-order valence-corrected chi connectivity index (χ3v) is 5.61. The van der Waals surface area contributed by atoms with Crippen LogP contribution in [0.15, 0.2) is 66.7 Å². The Balaban J connectivity index is 1.69. The molecular formula is C25H19Cl2N3O. The number of hydrogen-bond donors (Lipinski definition) is 1. The standard InChI is InChI=1S/C25H19Cl2N3O/c1-16-4-2-7-23-22(16)12-24(30(23)15-18-6-3-5-17(8-18)13-28)25(31)29-14-19-9-20(26)11-21(27)10-19/h2-12H,14-15H2,1H3,(H,29,31). The molecule has 0 aliphatic rings. The summed E-state index contributed by atoms with van der Waals surface area (Å²) in [6.07, 6.45) is 0. The van der Waals surface area contributed by atoms with Gasteiger partial charge in [0.05, 0.1) is 11.6 Å². The minimum atomic E-state index is -0.192. The van der Waals surface area contributed by atoms with Gasteiger partial charge in [-0.3, -0.25) is 4.79 Å². The second kappa shape index (κ2) is 8.85. The van der Waals surface area contributed by atoms with E-state index in [0.29, 0.717) is 34.4 Å². The van der Waals surface area contributed by atoms with Gasteiger partial charge in [-0.2, -0.15) is 5.26 Å². The summed E-state index contributed by atoms with van der Waals surface area (Å²) >= 11 is 12.1. The Morgan fingerprint density at radius 3 is 2.48 bits per heavy atom. The lowest BCUT2D eigenvalue weighted by Crippen LogP contribution is -2.25. The summed E-state index contributed by atoms with van der Waals surface area (Å²) in [6.45, 7) is 2.82. The Bertz CT molecular complexity index is 1310. The van der Waals surface area contributed by atoms with Crippen LogP contribution in [0, 0.1) is 18.3 Å². The van der Waals surface area contributed by atoms with Crippen molar-refractivity contribution < 1.29 is 4.79 Å². The molecule has 1 amide bonds. The first-order valence-corrected chi connectivity index (χ1v) is 10.5. The summed E-state index contributed by atoms with van der Waals surface area (Å²) in [6, 6.07) is 22.7. The smallest absolute Gasteiger partial charge is 0.268 e. The molecule has 1 heterocycles. The molecule has 4 nitrogen and oxygen atoms in total. The van der Waals surface area contributed by atoms with E-state index in [9.17, 15) is 10.1 Å². The molecule has 1 aromatic heterocycles. The minimum absolute atomic E-state index is 0.192. The summed E-state index contributed by atoms with van der Waals surface area (Å²) in [5, 5.41) is 14.3. The highest BCUT2D eigenvalue weighted by Crippen LogP contribution is 2.25. The summed E-state index contributed by atoms with van der Waals surface area (Å²) in [7, 11) is 0. The molecule has 3 aromatic carbocycles. The van der Waals surface area contributed by atoms with Gasteiger partial charge in [-0.05, 0) is 66.1 Å². The monoisotopic (exact) mass is 447 g/mol. The molecule has 0 saturated carbocycles. The Kier molecular flexibility index (Phi) is 5.99. The quantitative estimate of drug-likeness (QED) is 0.401. The van der Waals surface area contributed by atoms with E-state index in [-0.39, 0.29) is 5.91 Å². The highest BCUT2D eigenvalue weighted by atomic mass is 35.5. The number of nitrogens with zero attached hydrogens (tertiary/aromatic N) is 2. The molecule has 0 fully saturated rings. The SMILES string of the molecule is Cc1cccc2c1cc(C(=O)NCc1cc(Cl)cc(Cl)c1)n2Cc1cccc(C#N)c1. The van der Waals surface area contributed by atoms with Crippen LogP contribution < -0.4 is 5.32 Å². The molecule has 0 unspecified atom stereocenters. The van der Waals surface area contributed by atoms with E-state index in [1.165, 1.54) is 0 Å². The third kappa shape index (κ3) is 4.59. The topological polar surface area (TPSA) is 57.8 Å². The fourth-order valence-corrected chi connectivity index (χ4v) is 4.27. The van der Waals surface area contributed by atoms with Crippen LogP contribution in [0.1, 0.15) is 32.7 Å². The Labute approximate surface area is 190 Å². The lowest BCUT2D eigenvalue weighted by Gasteiger charge is -2.12. The van der Waals surface area contributed by atoms with Crippen molar-refractivity contribution in [1.29, 1.82) is 5.26 Å². The molecule has 4 aromatic rings. The molecule has 6 heteroatoms. The van der Waals surface area contributed by atoms with Crippen LogP contribution in [0.3, 0.4) is 0 Å². The number of fused-ring (bicyclic) bond motifs is 1. The van der Waals surface area contributed by atoms with Gasteiger partial charge in [0, 0.05) is 34.0 Å². The number of amides is 1. The number of aryl methyl sites for hydroxylation is 1. The highest BCUT2D eigenvalue weighted by Gasteiger charge is 2.17. The molecule has 4 rings (SSSR count). The Morgan fingerprint density at radius 2 is 1.74 bits per heavy atom. The van der Waals surface area contributed by atoms with Crippen LogP contribution in [0.25, 0.3) is 10.9 Å². The van der Waals surface area contributed by atoms with E-state index in [0.717, 1.165) is 27.6 Å². The first-order valence-electron chi connectivity index (χ1n) is 9.75. The number of benzene rings is 3. The van der Waals surface area contributed by atoms with E-state index in [1.807, 2.05) is 54.0 Å². The van der Waals surface area contributed by atoms with Gasteiger partial charge in [-0.15, -0.1) is 0 Å². The Morgan fingerprint density at radius 1 is 1.00 bits per heavy atom. The van der Waals surface area contributed by atoms with E-state index in [1.54, 1.807) is 24.3 Å². The molecule has 1 N–H and O–H groups in total. The number of nitriles is 1. The maximum atomic E-state index is 13.2. The fraction of sp³-hybridized carbons (Fsp3) is 0.120. The second-order valence-corrected chi connectivity index (χ2v) is 8.27. The summed E-state index contributed by atoms with van der Waals surface area (Å²) in [4.78, 5) is 13.2. The molecule has 0 spiro atoms. The van der Waals surface area contributed by atoms with Gasteiger partial charge in [0.15, 0.2) is 0 Å². The van der Waals surface area contributed by atoms with Gasteiger partial charge in [-0.25, -0.2) is 0 Å². The fourth-order valence-electron chi connectivity index (χ4n) is 3.70. The summed E-state index contributed by atoms with van der Waals surface area (Å²) in [5.41, 5.74) is 4.99. The average molecular weight is 448 g/mol. The number of carbonyl (C=O) groups excluding carboxylic acids is 1. The van der Waals surface area contributed by atoms with E-state index < -0.39 is 0 Å². The van der Waals surface area contributed by atoms with Crippen LogP contribution in [0.2, 0.25) is 10.0 Å². The number of halogens is 2. The molecule has 0 radical (unpaired) electrons. The normalized spacial score (nSPS) is 10.8. The average Bonchev–Trinajstić information content (AvgIpc) is 3.11. The highest BCUT2D eigenvalue weighted by molar-refractivity contribution is 6.34. The third-order valence-electron chi connectivity index (χ3n) is 5.17. The van der Waals surface area contributed by atoms with Crippen molar-refractivity contribution in [1.82, 2.24) is 9.88 Å². The Hall–Kier alpha value is -3.26. The van der Waals surface area contributed by atoms with Crippen molar-refractivity contribution in [3.05, 3.63) is 105 Å². The summed E-state index contributed by atoms with van der Waals surface area (Å²) in [5.74, 6) is -0.192. The molecule has 31 heavy (non-hydrogen) atoms. The van der Waals surface area contributed by atoms with E-state index >= 15 is 0 Å². The van der Waals surface area contributed by atoms with Gasteiger partial charge in [-0.1, -0.05) is 47.5 Å². The molecule has 0 aliphatic carbocycles. The van der Waals surface area contributed by atoms with Crippen LogP contribution in [-0.2, 0) is 13.1 Å². The number of nitrogens with one attached hydrogen (secondary N) is 1. The maximum absolute atomic E-state index is 13.2. The first-order chi connectivity index (χ1) is 14.9. The minimum Gasteiger partial charge on any atom is -0.347 e. The van der Waals surface area contributed by atoms with Gasteiger partial charge in [0.25, 0.3) is 5.91 Å². The number of rotatable bonds is 5. The molecular weight excluding hydrogens is 429 g/mol. The molecule has 0 atom stereocenters. The molecule has 154 valence electrons. The van der Waals surface area contributed by atoms with Crippen molar-refractivity contribution in [3.8, 4) is 6.07 Å². The van der Waals surface area contributed by atoms with Gasteiger partial charge >= 0.3 is 0 Å². The van der Waals surface area contributed by atoms with Crippen molar-refractivity contribution in [3.63, 3.8) is 0 Å². The van der Waals surface area contributed by atoms with Crippen LogP contribution in [0.4, 0.5) is 0 Å². The largest absolute Gasteiger partial charge is 0.347 e. The summed E-state index contributed by atoms with van der Waals surface area (Å²) < 4.78 is 1.99. The lowest BCUT2D eigenvalue weighted by atomic mass is 10.1. The maximum Gasteiger partial charge on any atom is 0.268 e. The van der Waals surface area contributed by atoms with Gasteiger partial charge in [0.1, 0.15) is 5.69 Å². The predicted molar refractivity (Wildman–Crippen MR) is 125 cm³/mol. The zero-order valence-corrected chi connectivity index (χ0v) is 18.3. The zero-order chi connectivity index (χ0) is 22.0. The predicted octanol–water partition coefficient (Wildman–Crippen LogP) is 6.11. The van der Waals surface area contributed by atoms with Crippen molar-refractivity contribution in [2.75, 3.05) is 0 Å². The van der Waals surface area contributed by atoms with Gasteiger partial charge in [0.2, 0.25) is 0 Å². The van der Waals surface area contributed by atoms with Gasteiger partial charge < -0.3 is 9.88 Å². The van der Waals surface area contributed by atoms with E-state index in [4.69, 9.17) is 23.2 Å². The van der Waals surface area contributed by atoms with Crippen molar-refractivity contribution in [2.45, 2.75) is 20.0 Å². The lowest BCUT2D eigenvalue weighted by molar-refractivity contribution is 0.0942. The van der Waals surface area contributed by atoms with Crippen LogP contribution in [-0.4, -0.2) is 10.5 Å². The second-order valence-electron chi connectivity index (χ2n) is 7.40. The van der Waals surface area contributed by atoms with Crippen molar-refractivity contribution in [2.24, 2.45) is 0 Å².